The van der Waals surface area contributed by atoms with Gasteiger partial charge in [-0.3, -0.25) is 9.48 Å². The molecule has 6 rings (SSSR count). The molecule has 6 heterocycles. The maximum atomic E-state index is 11.6. The Hall–Kier alpha value is 6.56. The second kappa shape index (κ2) is 143. The molecule has 0 saturated carbocycles. The van der Waals surface area contributed by atoms with Gasteiger partial charge in [-0.05, 0) is 12.3 Å². The number of carbonyl (C=O) groups is 4. The van der Waals surface area contributed by atoms with E-state index < -0.39 is 0 Å². The zero-order chi connectivity index (χ0) is 87.8. The van der Waals surface area contributed by atoms with Gasteiger partial charge >= 0.3 is 211 Å². The Bertz CT molecular complexity index is 2780. The van der Waals surface area contributed by atoms with Crippen molar-refractivity contribution in [3.8, 4) is 0 Å². The summed E-state index contributed by atoms with van der Waals surface area (Å²) in [4.78, 5) is 43.9. The van der Waals surface area contributed by atoms with Crippen LogP contribution in [0.3, 0.4) is 0 Å². The summed E-state index contributed by atoms with van der Waals surface area (Å²) in [6, 6.07) is 0. The molecule has 0 radical (unpaired) electrons. The number of nitrogens with zero attached hydrogens (tertiary/aromatic N) is 18. The molecule has 6 aromatic rings. The van der Waals surface area contributed by atoms with Crippen LogP contribution in [-0.2, 0) is 496 Å². The molecule has 0 atom stereocenters. The van der Waals surface area contributed by atoms with Crippen molar-refractivity contribution >= 4 is 23.1 Å². The van der Waals surface area contributed by atoms with E-state index in [1.165, 1.54) is 6.42 Å². The van der Waals surface area contributed by atoms with Gasteiger partial charge in [0.1, 0.15) is 28.8 Å². The van der Waals surface area contributed by atoms with Crippen LogP contribution in [0.5, 0.6) is 0 Å². The Morgan fingerprint density at radius 3 is 0.636 bits per heavy atom. The maximum absolute atomic E-state index is 11.6. The number of hydrogen-bond donors (Lipinski definition) is 0. The molecule has 0 aliphatic rings. The summed E-state index contributed by atoms with van der Waals surface area (Å²) >= 11 is 0. The van der Waals surface area contributed by atoms with E-state index in [-0.39, 0.29) is 466 Å². The molecule has 24 nitrogen and oxygen atoms in total. The topological polar surface area (TPSA) is 271 Å². The van der Waals surface area contributed by atoms with E-state index in [0.717, 1.165) is 44.5 Å². The molecule has 0 aliphatic heterocycles. The van der Waals surface area contributed by atoms with E-state index >= 15 is 0 Å². The van der Waals surface area contributed by atoms with E-state index in [9.17, 15) is 19.2 Å². The first kappa shape index (κ1) is 220. The molecule has 0 spiro atoms. The summed E-state index contributed by atoms with van der Waals surface area (Å²) < 4.78 is 20.4. The third-order valence-corrected chi connectivity index (χ3v) is 11.8. The molecule has 0 aromatic carbocycles. The largest absolute Gasteiger partial charge is 2.00 e. The fourth-order valence-corrected chi connectivity index (χ4v) is 5.43. The van der Waals surface area contributed by atoms with Crippen LogP contribution in [0.15, 0.2) is 37.2 Å². The number of rotatable bonds is 18. The minimum atomic E-state index is -0.291. The summed E-state index contributed by atoms with van der Waals surface area (Å²) in [7, 11) is 0. The summed E-state index contributed by atoms with van der Waals surface area (Å²) in [6.07, 6.45) is 17.5. The molecule has 0 bridgehead atoms. The number of hydrogen-bond acceptors (Lipinski definition) is 18. The van der Waals surface area contributed by atoms with Gasteiger partial charge in [-0.15, -0.1) is 50.5 Å². The van der Waals surface area contributed by atoms with Gasteiger partial charge in [-0.2, -0.15) is 71.9 Å². The van der Waals surface area contributed by atoms with Crippen LogP contribution in [0.2, 0.25) is 0 Å². The van der Waals surface area contributed by atoms with E-state index in [4.69, 9.17) is 9.47 Å². The van der Waals surface area contributed by atoms with Crippen molar-refractivity contribution in [3.63, 3.8) is 0 Å². The van der Waals surface area contributed by atoms with Crippen molar-refractivity contribution in [2.45, 2.75) is 270 Å². The number of Topliss-reactive ketones (excluding diaryl/α,β-unsaturated/α-hetero) is 4. The number of aromatic nitrogens is 18. The first-order chi connectivity index (χ1) is 50.5. The predicted molar refractivity (Wildman–Crippen MR) is 456 cm³/mol. The van der Waals surface area contributed by atoms with E-state index in [0.29, 0.717) is 118 Å². The standard InChI is InChI=1S/C12H20N3O2.C7H12N3O.3C7H13O.C7H15.C6H13.4C5H7N3.2C3H7.3C2H5.20W/c1-5-15-8-10(13-14-15)9-17-7-6-11(16)12(2,3)4;1-3-11-5-4-10-6-7(2)8-9-10;3*1-5-6(8)7(2,3)4;1-5-6-7(2,3)4;1-5-6(2,3)4;4*1-3-8-4-5(2)6-7-8;2*1-3-2;3*1-2;;;;;;;;;;;;;;;;;;;;/h8H,1,5-7,9H2,2-4H3;6H,2-5H2,1H3;3*1,5H2,2-4H3;1,5-6H2,2-4H3;1,5H2,2-4H3;4*4H,1-3H2;2*1,3H2,2H3;3*1H2,2H3;;;;;;;;;;;;;;;;;;;;/q7*-1;4*-2;5*-1;;;;;;;;;;;10*+2. The average Bonchev–Trinajstić information content (AvgIpc) is 1.18. The van der Waals surface area contributed by atoms with Gasteiger partial charge in [0.2, 0.25) is 0 Å². The molecule has 0 unspecified atom stereocenters. The Kier molecular flexibility index (Phi) is 244. The molecular weight excluding hydrogens is 5050 g/mol. The zero-order valence-electron chi connectivity index (χ0n) is 81.7. The van der Waals surface area contributed by atoms with E-state index in [1.54, 1.807) is 86.0 Å². The van der Waals surface area contributed by atoms with Gasteiger partial charge < -0.3 is 151 Å². The molecule has 0 saturated heterocycles. The van der Waals surface area contributed by atoms with Gasteiger partial charge in [0, 0.05) is 258 Å². The van der Waals surface area contributed by atoms with Crippen molar-refractivity contribution in [2.75, 3.05) is 19.8 Å². The van der Waals surface area contributed by atoms with Crippen LogP contribution >= 0.6 is 0 Å². The summed E-state index contributed by atoms with van der Waals surface area (Å²) in [6.45, 7) is 124. The maximum Gasteiger partial charge on any atom is 2.00 e. The first-order valence-corrected chi connectivity index (χ1v) is 36.9. The third-order valence-electron chi connectivity index (χ3n) is 11.8. The van der Waals surface area contributed by atoms with Gasteiger partial charge in [0.05, 0.1) is 19.8 Å². The first-order valence-electron chi connectivity index (χ1n) is 36.9. The third kappa shape index (κ3) is 165. The summed E-state index contributed by atoms with van der Waals surface area (Å²) in [5, 5.41) is 44.6. The average molecular weight is 5200 g/mol. The molecule has 44 heteroatoms. The van der Waals surface area contributed by atoms with E-state index in [2.05, 4.69) is 242 Å². The molecule has 0 N–H and O–H groups in total. The second-order valence-electron chi connectivity index (χ2n) is 28.8. The van der Waals surface area contributed by atoms with Gasteiger partial charge in [0.25, 0.3) is 0 Å². The number of carbonyl (C=O) groups excluding carboxylic acids is 4. The molecule has 0 aliphatic carbocycles. The molecule has 742 valence electrons. The Balaban J connectivity index is -0.0000000293. The van der Waals surface area contributed by atoms with Crippen LogP contribution in [0.1, 0.15) is 258 Å². The number of ether oxygens (including phenoxy) is 2. The molecule has 0 fully saturated rings. The molecule has 129 heavy (non-hydrogen) atoms. The fourth-order valence-electron chi connectivity index (χ4n) is 5.43. The van der Waals surface area contributed by atoms with Crippen LogP contribution in [-0.4, -0.2) is 133 Å². The Labute approximate surface area is 1080 Å². The molecule has 6 aromatic heterocycles. The Morgan fingerprint density at radius 2 is 0.512 bits per heavy atom. The van der Waals surface area contributed by atoms with Crippen molar-refractivity contribution in [3.05, 3.63) is 210 Å². The van der Waals surface area contributed by atoms with Crippen LogP contribution < -0.4 is 0 Å². The SMILES string of the molecule is [CH2-]C.[CH2-]C.[CH2-]C.[CH2-]CC.[CH2-]CC.[CH2-]CC(=O)C(C)(C)C.[CH2-]CC(=O)C(C)(C)C.[CH2-]CC(=O)C(C)(C)C.[CH2-]CC(C)(C)C.[CH2-]CCC(C)(C)C.[CH2-]Cn1cc(COCCC(=O)C(C)(C)C)nn1.[CH2-]Cn1cc([CH2-])nn1.[CH2-]Cn1cc([CH2-])nn1.[CH2-]Cn1cc([CH2-])nn1.[CH2-]Cn1cc([CH2-])nn1.[CH2-]c1cn(CCOCC)nn1.[W+2].[W+2].[W+2].[W+2].[W+2].[W+2].[W+2].[W+2].[W+2].[W+2].[W].[W].[W].[W].[W].[W].[W].[W].[W].[W]. The zero-order valence-corrected chi connectivity index (χ0v) is 140. The van der Waals surface area contributed by atoms with Crippen LogP contribution in [0, 0.1) is 171 Å². The monoisotopic (exact) mass is 5200 g/mol. The predicted octanol–water partition coefficient (Wildman–Crippen LogP) is 18.6. The van der Waals surface area contributed by atoms with Crippen molar-refractivity contribution in [1.29, 1.82) is 0 Å². The Morgan fingerprint density at radius 1 is 0.310 bits per heavy atom. The van der Waals surface area contributed by atoms with Crippen molar-refractivity contribution < 1.29 is 450 Å². The van der Waals surface area contributed by atoms with Crippen molar-refractivity contribution in [2.24, 2.45) is 32.5 Å². The molecular formula is C85H156N18O6W20. The van der Waals surface area contributed by atoms with Gasteiger partial charge in [0.15, 0.2) is 0 Å². The fraction of sp³-hybridized carbons (Fsp3) is 0.576. The molecule has 0 amide bonds. The summed E-state index contributed by atoms with van der Waals surface area (Å²) in [5.74, 6) is 0.867. The van der Waals surface area contributed by atoms with E-state index in [1.807, 2.05) is 104 Å². The van der Waals surface area contributed by atoms with Crippen LogP contribution in [0.25, 0.3) is 0 Å². The minimum Gasteiger partial charge on any atom is -0.380 e. The second-order valence-corrected chi connectivity index (χ2v) is 28.8. The normalized spacial score (nSPS) is 8.58. The van der Waals surface area contributed by atoms with Crippen molar-refractivity contribution in [1.82, 2.24) is 90.0 Å². The number of ketones is 4. The smallest absolute Gasteiger partial charge is 0.380 e. The van der Waals surface area contributed by atoms with Gasteiger partial charge in [-0.25, -0.2) is 34.6 Å². The van der Waals surface area contributed by atoms with Gasteiger partial charge in [-0.1, -0.05) is 248 Å². The minimum absolute atomic E-state index is 0. The quantitative estimate of drug-likeness (QED) is 0.0571. The summed E-state index contributed by atoms with van der Waals surface area (Å²) in [5.41, 5.74) is 4.26. The van der Waals surface area contributed by atoms with Crippen LogP contribution in [0.4, 0.5) is 0 Å².